The van der Waals surface area contributed by atoms with Gasteiger partial charge in [0.1, 0.15) is 0 Å². The highest BCUT2D eigenvalue weighted by atomic mass is 16.5. The molecule has 2 aliphatic rings. The van der Waals surface area contributed by atoms with Crippen LogP contribution in [0.3, 0.4) is 0 Å². The maximum Gasteiger partial charge on any atom is 0.227 e. The van der Waals surface area contributed by atoms with E-state index in [1.165, 1.54) is 0 Å². The summed E-state index contributed by atoms with van der Waals surface area (Å²) in [5, 5.41) is 2.99. The predicted molar refractivity (Wildman–Crippen MR) is 102 cm³/mol. The van der Waals surface area contributed by atoms with Crippen LogP contribution in [0.25, 0.3) is 0 Å². The van der Waals surface area contributed by atoms with E-state index in [1.54, 1.807) is 4.90 Å². The maximum absolute atomic E-state index is 12.6. The van der Waals surface area contributed by atoms with Crippen molar-refractivity contribution < 1.29 is 14.3 Å². The molecule has 3 rings (SSSR count). The largest absolute Gasteiger partial charge is 0.378 e. The zero-order chi connectivity index (χ0) is 18.4. The normalized spacial score (nSPS) is 20.5. The summed E-state index contributed by atoms with van der Waals surface area (Å²) < 4.78 is 5.44. The average Bonchev–Trinajstić information content (AvgIpc) is 3.07. The minimum Gasteiger partial charge on any atom is -0.378 e. The molecule has 2 saturated heterocycles. The molecule has 0 radical (unpaired) electrons. The zero-order valence-electron chi connectivity index (χ0n) is 15.6. The Morgan fingerprint density at radius 1 is 1.19 bits per heavy atom. The number of carbonyl (C=O) groups excluding carboxylic acids is 2. The summed E-state index contributed by atoms with van der Waals surface area (Å²) in [7, 11) is 0. The molecule has 1 atom stereocenters. The highest BCUT2D eigenvalue weighted by Gasteiger charge is 2.36. The Balaban J connectivity index is 1.66. The predicted octanol–water partition coefficient (Wildman–Crippen LogP) is 2.18. The van der Waals surface area contributed by atoms with Crippen molar-refractivity contribution in [2.45, 2.75) is 32.6 Å². The van der Waals surface area contributed by atoms with E-state index in [9.17, 15) is 9.59 Å². The van der Waals surface area contributed by atoms with Gasteiger partial charge in [0.2, 0.25) is 11.8 Å². The molecule has 0 saturated carbocycles. The first-order valence-electron chi connectivity index (χ1n) is 9.70. The van der Waals surface area contributed by atoms with E-state index in [4.69, 9.17) is 4.74 Å². The van der Waals surface area contributed by atoms with Gasteiger partial charge < -0.3 is 19.9 Å². The van der Waals surface area contributed by atoms with E-state index in [-0.39, 0.29) is 24.2 Å². The van der Waals surface area contributed by atoms with E-state index in [0.29, 0.717) is 26.3 Å². The third-order valence-electron chi connectivity index (χ3n) is 5.10. The van der Waals surface area contributed by atoms with Crippen molar-refractivity contribution in [2.24, 2.45) is 5.92 Å². The molecule has 1 unspecified atom stereocenters. The van der Waals surface area contributed by atoms with E-state index in [2.05, 4.69) is 17.1 Å². The molecule has 2 heterocycles. The van der Waals surface area contributed by atoms with Crippen molar-refractivity contribution in [3.05, 3.63) is 24.3 Å². The molecule has 2 aliphatic heterocycles. The molecule has 0 spiro atoms. The maximum atomic E-state index is 12.6. The number of anilines is 2. The summed E-state index contributed by atoms with van der Waals surface area (Å²) in [6.07, 6.45) is 3.52. The second kappa shape index (κ2) is 9.03. The van der Waals surface area contributed by atoms with E-state index in [0.717, 1.165) is 43.7 Å². The average molecular weight is 359 g/mol. The van der Waals surface area contributed by atoms with Crippen molar-refractivity contribution in [3.8, 4) is 0 Å². The highest BCUT2D eigenvalue weighted by Crippen LogP contribution is 2.34. The van der Waals surface area contributed by atoms with Gasteiger partial charge in [-0.15, -0.1) is 0 Å². The Morgan fingerprint density at radius 2 is 1.92 bits per heavy atom. The summed E-state index contributed by atoms with van der Waals surface area (Å²) in [5.74, 6) is -0.234. The number of hydrogen-bond donors (Lipinski definition) is 1. The fourth-order valence-corrected chi connectivity index (χ4v) is 3.61. The molecule has 1 aromatic rings. The van der Waals surface area contributed by atoms with Gasteiger partial charge >= 0.3 is 0 Å². The first kappa shape index (κ1) is 18.7. The number of ether oxygens (including phenoxy) is 1. The van der Waals surface area contributed by atoms with Crippen LogP contribution in [0, 0.1) is 5.92 Å². The molecule has 2 fully saturated rings. The molecule has 2 amide bonds. The summed E-state index contributed by atoms with van der Waals surface area (Å²) in [5.41, 5.74) is 1.95. The molecule has 26 heavy (non-hydrogen) atoms. The number of carbonyl (C=O) groups is 2. The van der Waals surface area contributed by atoms with Crippen molar-refractivity contribution in [3.63, 3.8) is 0 Å². The van der Waals surface area contributed by atoms with E-state index in [1.807, 2.05) is 24.3 Å². The number of morpholine rings is 1. The first-order valence-corrected chi connectivity index (χ1v) is 9.70. The lowest BCUT2D eigenvalue weighted by Gasteiger charge is -2.32. The molecule has 1 N–H and O–H groups in total. The number of unbranched alkanes of at least 4 members (excludes halogenated alkanes) is 2. The van der Waals surface area contributed by atoms with E-state index >= 15 is 0 Å². The fraction of sp³-hybridized carbons (Fsp3) is 0.600. The monoisotopic (exact) mass is 359 g/mol. The Labute approximate surface area is 155 Å². The standard InChI is InChI=1S/C20H29N3O3/c1-2-3-6-9-21-20(25)16-14-19(24)23(15-16)18-8-5-4-7-17(18)22-10-12-26-13-11-22/h4-5,7-8,16H,2-3,6,9-15H2,1H3,(H,21,25). The number of para-hydroxylation sites is 2. The van der Waals surface area contributed by atoms with E-state index < -0.39 is 0 Å². The number of hydrogen-bond acceptors (Lipinski definition) is 4. The number of rotatable bonds is 7. The molecule has 0 aromatic heterocycles. The second-order valence-electron chi connectivity index (χ2n) is 6.99. The smallest absolute Gasteiger partial charge is 0.227 e. The van der Waals surface area contributed by atoms with Gasteiger partial charge in [0.05, 0.1) is 30.5 Å². The molecule has 0 aliphatic carbocycles. The molecule has 0 bridgehead atoms. The van der Waals surface area contributed by atoms with Crippen molar-refractivity contribution in [1.82, 2.24) is 5.32 Å². The van der Waals surface area contributed by atoms with Crippen LogP contribution in [-0.4, -0.2) is 51.2 Å². The van der Waals surface area contributed by atoms with Crippen LogP contribution in [0.5, 0.6) is 0 Å². The summed E-state index contributed by atoms with van der Waals surface area (Å²) in [4.78, 5) is 29.0. The van der Waals surface area contributed by atoms with Gasteiger partial charge in [0.25, 0.3) is 0 Å². The van der Waals surface area contributed by atoms with Gasteiger partial charge in [-0.3, -0.25) is 9.59 Å². The van der Waals surface area contributed by atoms with Crippen LogP contribution < -0.4 is 15.1 Å². The van der Waals surface area contributed by atoms with Gasteiger partial charge in [0, 0.05) is 32.6 Å². The van der Waals surface area contributed by atoms with Crippen molar-refractivity contribution in [1.29, 1.82) is 0 Å². The van der Waals surface area contributed by atoms with Gasteiger partial charge in [-0.1, -0.05) is 31.9 Å². The minimum absolute atomic E-state index is 0.000747. The third-order valence-corrected chi connectivity index (χ3v) is 5.10. The Bertz CT molecular complexity index is 628. The summed E-state index contributed by atoms with van der Waals surface area (Å²) >= 11 is 0. The molecule has 6 nitrogen and oxygen atoms in total. The lowest BCUT2D eigenvalue weighted by Crippen LogP contribution is -2.38. The Hall–Kier alpha value is -2.08. The van der Waals surface area contributed by atoms with Crippen LogP contribution in [0.2, 0.25) is 0 Å². The molecular formula is C20H29N3O3. The second-order valence-corrected chi connectivity index (χ2v) is 6.99. The van der Waals surface area contributed by atoms with Gasteiger partial charge in [-0.25, -0.2) is 0 Å². The number of amides is 2. The number of benzene rings is 1. The Kier molecular flexibility index (Phi) is 6.50. The zero-order valence-corrected chi connectivity index (χ0v) is 15.6. The van der Waals surface area contributed by atoms with Crippen molar-refractivity contribution in [2.75, 3.05) is 49.2 Å². The van der Waals surface area contributed by atoms with Crippen LogP contribution in [0.4, 0.5) is 11.4 Å². The Morgan fingerprint density at radius 3 is 2.65 bits per heavy atom. The van der Waals surface area contributed by atoms with Gasteiger partial charge in [0.15, 0.2) is 0 Å². The van der Waals surface area contributed by atoms with Gasteiger partial charge in [-0.05, 0) is 18.6 Å². The third kappa shape index (κ3) is 4.36. The lowest BCUT2D eigenvalue weighted by atomic mass is 10.1. The summed E-state index contributed by atoms with van der Waals surface area (Å²) in [6, 6.07) is 7.97. The SMILES string of the molecule is CCCCCNC(=O)C1CC(=O)N(c2ccccc2N2CCOCC2)C1. The number of nitrogens with zero attached hydrogens (tertiary/aromatic N) is 2. The lowest BCUT2D eigenvalue weighted by molar-refractivity contribution is -0.126. The van der Waals surface area contributed by atoms with Crippen molar-refractivity contribution >= 4 is 23.2 Å². The van der Waals surface area contributed by atoms with Crippen LogP contribution in [0.1, 0.15) is 32.6 Å². The molecule has 142 valence electrons. The van der Waals surface area contributed by atoms with Crippen LogP contribution in [-0.2, 0) is 14.3 Å². The van der Waals surface area contributed by atoms with Crippen LogP contribution in [0.15, 0.2) is 24.3 Å². The molecular weight excluding hydrogens is 330 g/mol. The quantitative estimate of drug-likeness (QED) is 0.758. The number of nitrogens with one attached hydrogen (secondary N) is 1. The van der Waals surface area contributed by atoms with Crippen LogP contribution >= 0.6 is 0 Å². The highest BCUT2D eigenvalue weighted by molar-refractivity contribution is 6.02. The molecule has 6 heteroatoms. The molecule has 1 aromatic carbocycles. The fourth-order valence-electron chi connectivity index (χ4n) is 3.61. The first-order chi connectivity index (χ1) is 12.7. The summed E-state index contributed by atoms with van der Waals surface area (Å²) in [6.45, 7) is 6.33. The van der Waals surface area contributed by atoms with Gasteiger partial charge in [-0.2, -0.15) is 0 Å². The minimum atomic E-state index is -0.262. The topological polar surface area (TPSA) is 61.9 Å².